The van der Waals surface area contributed by atoms with Crippen molar-refractivity contribution in [3.05, 3.63) is 87.9 Å². The van der Waals surface area contributed by atoms with Crippen LogP contribution in [0.1, 0.15) is 18.1 Å². The van der Waals surface area contributed by atoms with E-state index in [4.69, 9.17) is 32.7 Å². The summed E-state index contributed by atoms with van der Waals surface area (Å²) in [6.45, 7) is 1.48. The molecule has 0 spiro atoms. The number of sulfonamides is 1. The molecule has 12 heteroatoms. The Kier molecular flexibility index (Phi) is 11.3. The molecule has 1 atom stereocenters. The Morgan fingerprint density at radius 3 is 2.22 bits per heavy atom. The molecule has 0 saturated heterocycles. The van der Waals surface area contributed by atoms with Crippen LogP contribution in [0.5, 0.6) is 11.5 Å². The number of rotatable bonds is 13. The van der Waals surface area contributed by atoms with Crippen molar-refractivity contribution in [1.82, 2.24) is 10.2 Å². The summed E-state index contributed by atoms with van der Waals surface area (Å²) in [7, 11) is -1.06. The molecule has 9 nitrogen and oxygen atoms in total. The Morgan fingerprint density at radius 1 is 0.951 bits per heavy atom. The number of likely N-dealkylation sites (N-methyl/N-ethyl adjacent to an activating group) is 1. The van der Waals surface area contributed by atoms with Crippen molar-refractivity contribution in [1.29, 1.82) is 0 Å². The van der Waals surface area contributed by atoms with Crippen molar-refractivity contribution in [2.45, 2.75) is 25.9 Å². The molecule has 3 rings (SSSR count). The van der Waals surface area contributed by atoms with Gasteiger partial charge >= 0.3 is 0 Å². The molecule has 2 amide bonds. The molecule has 3 aromatic carbocycles. The van der Waals surface area contributed by atoms with Gasteiger partial charge in [-0.1, -0.05) is 59.6 Å². The number of methoxy groups -OCH3 is 2. The molecule has 3 aromatic rings. The number of benzene rings is 3. The Labute approximate surface area is 251 Å². The first-order valence-corrected chi connectivity index (χ1v) is 15.3. The van der Waals surface area contributed by atoms with Crippen LogP contribution >= 0.6 is 23.2 Å². The molecule has 0 bridgehead atoms. The fourth-order valence-electron chi connectivity index (χ4n) is 4.27. The summed E-state index contributed by atoms with van der Waals surface area (Å²) in [4.78, 5) is 28.9. The molecular weight excluding hydrogens is 589 g/mol. The average Bonchev–Trinajstić information content (AvgIpc) is 2.94. The molecule has 0 aliphatic heterocycles. The van der Waals surface area contributed by atoms with Gasteiger partial charge in [-0.2, -0.15) is 0 Å². The zero-order valence-electron chi connectivity index (χ0n) is 23.3. The van der Waals surface area contributed by atoms with Crippen LogP contribution < -0.4 is 19.1 Å². The third-order valence-electron chi connectivity index (χ3n) is 6.31. The van der Waals surface area contributed by atoms with Crippen molar-refractivity contribution in [3.8, 4) is 11.5 Å². The summed E-state index contributed by atoms with van der Waals surface area (Å²) in [5, 5.41) is 3.53. The van der Waals surface area contributed by atoms with Gasteiger partial charge in [-0.25, -0.2) is 8.42 Å². The lowest BCUT2D eigenvalue weighted by Crippen LogP contribution is -2.53. The molecule has 0 fully saturated rings. The number of ether oxygens (including phenoxy) is 2. The smallest absolute Gasteiger partial charge is 0.244 e. The maximum atomic E-state index is 14.1. The van der Waals surface area contributed by atoms with Gasteiger partial charge in [0.15, 0.2) is 11.5 Å². The number of amides is 2. The second-order valence-corrected chi connectivity index (χ2v) is 11.9. The molecule has 0 radical (unpaired) electrons. The van der Waals surface area contributed by atoms with E-state index in [0.29, 0.717) is 33.7 Å². The molecule has 41 heavy (non-hydrogen) atoms. The first-order chi connectivity index (χ1) is 19.5. The van der Waals surface area contributed by atoms with Gasteiger partial charge < -0.3 is 19.7 Å². The van der Waals surface area contributed by atoms with E-state index in [1.807, 2.05) is 30.3 Å². The molecule has 0 aliphatic carbocycles. The van der Waals surface area contributed by atoms with Gasteiger partial charge in [0.25, 0.3) is 0 Å². The zero-order valence-corrected chi connectivity index (χ0v) is 25.6. The monoisotopic (exact) mass is 621 g/mol. The summed E-state index contributed by atoms with van der Waals surface area (Å²) in [6, 6.07) is 17.7. The molecule has 0 saturated carbocycles. The van der Waals surface area contributed by atoms with E-state index < -0.39 is 28.5 Å². The van der Waals surface area contributed by atoms with Crippen molar-refractivity contribution in [2.75, 3.05) is 37.9 Å². The van der Waals surface area contributed by atoms with Gasteiger partial charge in [0.1, 0.15) is 12.6 Å². The number of hydrogen-bond acceptors (Lipinski definition) is 6. The standard InChI is InChI=1S/C29H33Cl2N3O6S/c1-5-32-29(36)25(15-20-9-7-6-8-10-20)33(18-21-11-12-22(30)16-24(21)31)28(35)19-34(41(4,37)38)23-13-14-26(39-2)27(17-23)40-3/h6-14,16-17,25H,5,15,18-19H2,1-4H3,(H,32,36)/t25-/m0/s1. The highest BCUT2D eigenvalue weighted by molar-refractivity contribution is 7.92. The number of anilines is 1. The van der Waals surface area contributed by atoms with E-state index >= 15 is 0 Å². The SMILES string of the molecule is CCNC(=O)[C@H](Cc1ccccc1)N(Cc1ccc(Cl)cc1Cl)C(=O)CN(c1ccc(OC)c(OC)c1)S(C)(=O)=O. The maximum absolute atomic E-state index is 14.1. The lowest BCUT2D eigenvalue weighted by Gasteiger charge is -2.33. The van der Waals surface area contributed by atoms with Crippen LogP contribution in [0.3, 0.4) is 0 Å². The predicted molar refractivity (Wildman–Crippen MR) is 161 cm³/mol. The van der Waals surface area contributed by atoms with E-state index in [9.17, 15) is 18.0 Å². The third-order valence-corrected chi connectivity index (χ3v) is 8.04. The van der Waals surface area contributed by atoms with Crippen LogP contribution in [0.25, 0.3) is 0 Å². The van der Waals surface area contributed by atoms with Gasteiger partial charge in [-0.3, -0.25) is 13.9 Å². The number of halogens is 2. The molecule has 0 aromatic heterocycles. The summed E-state index contributed by atoms with van der Waals surface area (Å²) < 4.78 is 37.5. The summed E-state index contributed by atoms with van der Waals surface area (Å²) >= 11 is 12.6. The molecule has 0 unspecified atom stereocenters. The summed E-state index contributed by atoms with van der Waals surface area (Å²) in [6.07, 6.45) is 1.20. The van der Waals surface area contributed by atoms with Crippen molar-refractivity contribution in [2.24, 2.45) is 0 Å². The average molecular weight is 623 g/mol. The number of carbonyl (C=O) groups is 2. The van der Waals surface area contributed by atoms with E-state index in [-0.39, 0.29) is 24.6 Å². The Morgan fingerprint density at radius 2 is 1.63 bits per heavy atom. The van der Waals surface area contributed by atoms with Crippen molar-refractivity contribution < 1.29 is 27.5 Å². The maximum Gasteiger partial charge on any atom is 0.244 e. The lowest BCUT2D eigenvalue weighted by molar-refractivity contribution is -0.140. The fraction of sp³-hybridized carbons (Fsp3) is 0.310. The second-order valence-electron chi connectivity index (χ2n) is 9.17. The molecule has 0 heterocycles. The minimum atomic E-state index is -3.95. The van der Waals surface area contributed by atoms with E-state index in [0.717, 1.165) is 16.1 Å². The Bertz CT molecular complexity index is 1470. The van der Waals surface area contributed by atoms with Crippen LogP contribution in [0.2, 0.25) is 10.0 Å². The summed E-state index contributed by atoms with van der Waals surface area (Å²) in [5.41, 5.74) is 1.56. The highest BCUT2D eigenvalue weighted by Crippen LogP contribution is 2.33. The minimum absolute atomic E-state index is 0.0625. The first kappa shape index (κ1) is 32.0. The first-order valence-electron chi connectivity index (χ1n) is 12.7. The normalized spacial score (nSPS) is 11.9. The van der Waals surface area contributed by atoms with E-state index in [1.165, 1.54) is 31.3 Å². The molecule has 1 N–H and O–H groups in total. The summed E-state index contributed by atoms with van der Waals surface area (Å²) in [5.74, 6) is -0.301. The highest BCUT2D eigenvalue weighted by Gasteiger charge is 2.33. The van der Waals surface area contributed by atoms with Crippen LogP contribution in [-0.2, 0) is 32.6 Å². The van der Waals surface area contributed by atoms with Gasteiger partial charge in [0.05, 0.1) is 26.2 Å². The largest absolute Gasteiger partial charge is 0.493 e. The van der Waals surface area contributed by atoms with Crippen LogP contribution in [0.15, 0.2) is 66.7 Å². The van der Waals surface area contributed by atoms with Crippen LogP contribution in [0.4, 0.5) is 5.69 Å². The Hall–Kier alpha value is -3.47. The van der Waals surface area contributed by atoms with Crippen molar-refractivity contribution >= 4 is 50.7 Å². The van der Waals surface area contributed by atoms with Crippen LogP contribution in [0, 0.1) is 0 Å². The van der Waals surface area contributed by atoms with Gasteiger partial charge in [0.2, 0.25) is 21.8 Å². The second kappa shape index (κ2) is 14.4. The molecule has 220 valence electrons. The quantitative estimate of drug-likeness (QED) is 0.300. The third kappa shape index (κ3) is 8.51. The zero-order chi connectivity index (χ0) is 30.2. The highest BCUT2D eigenvalue weighted by atomic mass is 35.5. The topological polar surface area (TPSA) is 105 Å². The van der Waals surface area contributed by atoms with E-state index in [1.54, 1.807) is 31.2 Å². The van der Waals surface area contributed by atoms with Crippen molar-refractivity contribution in [3.63, 3.8) is 0 Å². The van der Waals surface area contributed by atoms with Gasteiger partial charge in [0, 0.05) is 35.6 Å². The number of hydrogen-bond donors (Lipinski definition) is 1. The molecule has 0 aliphatic rings. The Balaban J connectivity index is 2.09. The number of carbonyl (C=O) groups excluding carboxylic acids is 2. The fourth-order valence-corrected chi connectivity index (χ4v) is 5.58. The number of nitrogens with one attached hydrogen (secondary N) is 1. The van der Waals surface area contributed by atoms with Gasteiger partial charge in [-0.05, 0) is 42.3 Å². The predicted octanol–water partition coefficient (Wildman–Crippen LogP) is 4.55. The minimum Gasteiger partial charge on any atom is -0.493 e. The molecular formula is C29H33Cl2N3O6S. The van der Waals surface area contributed by atoms with Gasteiger partial charge in [-0.15, -0.1) is 0 Å². The number of nitrogens with zero attached hydrogens (tertiary/aromatic N) is 2. The van der Waals surface area contributed by atoms with E-state index in [2.05, 4.69) is 5.32 Å². The van der Waals surface area contributed by atoms with Crippen LogP contribution in [-0.4, -0.2) is 64.7 Å². The lowest BCUT2D eigenvalue weighted by atomic mass is 10.0.